The molecule has 1 nitrogen and oxygen atoms in total. The Morgan fingerprint density at radius 2 is 1.00 bits per heavy atom. The van der Waals surface area contributed by atoms with Gasteiger partial charge in [-0.1, -0.05) is 143 Å². The van der Waals surface area contributed by atoms with Gasteiger partial charge in [0.1, 0.15) is 0 Å². The predicted octanol–water partition coefficient (Wildman–Crippen LogP) is 11.5. The largest absolute Gasteiger partial charge is 0.372 e. The van der Waals surface area contributed by atoms with Crippen molar-refractivity contribution in [3.8, 4) is 0 Å². The third kappa shape index (κ3) is 18.7. The second kappa shape index (κ2) is 18.1. The first-order valence-corrected chi connectivity index (χ1v) is 15.1. The third-order valence-electron chi connectivity index (χ3n) is 7.18. The number of nitrogens with zero attached hydrogens (tertiary/aromatic N) is 1. The van der Waals surface area contributed by atoms with Gasteiger partial charge in [-0.3, -0.25) is 0 Å². The van der Waals surface area contributed by atoms with Crippen molar-refractivity contribution in [3.63, 3.8) is 0 Å². The summed E-state index contributed by atoms with van der Waals surface area (Å²) in [4.78, 5) is 2.64. The summed E-state index contributed by atoms with van der Waals surface area (Å²) in [7, 11) is 0. The number of rotatable bonds is 20. The van der Waals surface area contributed by atoms with E-state index in [2.05, 4.69) is 77.3 Å². The van der Waals surface area contributed by atoms with E-state index >= 15 is 0 Å². The molecular formula is C34H61N. The molecule has 0 saturated heterocycles. The van der Waals surface area contributed by atoms with Crippen molar-refractivity contribution in [2.75, 3.05) is 18.0 Å². The second-order valence-electron chi connectivity index (χ2n) is 13.4. The molecule has 1 rings (SSSR count). The SMILES string of the molecule is C=Cc1cccc(N(CCCCCCCCCC(C)(C)C)CCCCCCCCCC(C)(C)C)c1. The van der Waals surface area contributed by atoms with Crippen LogP contribution in [0.4, 0.5) is 5.69 Å². The predicted molar refractivity (Wildman–Crippen MR) is 162 cm³/mol. The number of hydrogen-bond donors (Lipinski definition) is 0. The monoisotopic (exact) mass is 483 g/mol. The van der Waals surface area contributed by atoms with Crippen LogP contribution in [0.15, 0.2) is 30.8 Å². The lowest BCUT2D eigenvalue weighted by molar-refractivity contribution is 0.356. The van der Waals surface area contributed by atoms with E-state index in [-0.39, 0.29) is 0 Å². The van der Waals surface area contributed by atoms with E-state index in [1.54, 1.807) is 0 Å². The van der Waals surface area contributed by atoms with Gasteiger partial charge in [0.2, 0.25) is 0 Å². The Morgan fingerprint density at radius 3 is 1.40 bits per heavy atom. The maximum absolute atomic E-state index is 3.97. The van der Waals surface area contributed by atoms with Crippen LogP contribution in [0, 0.1) is 10.8 Å². The maximum Gasteiger partial charge on any atom is 0.0372 e. The molecule has 0 bridgehead atoms. The number of anilines is 1. The van der Waals surface area contributed by atoms with E-state index < -0.39 is 0 Å². The highest BCUT2D eigenvalue weighted by Gasteiger charge is 2.10. The molecule has 0 aliphatic rings. The molecule has 0 atom stereocenters. The Labute approximate surface area is 221 Å². The van der Waals surface area contributed by atoms with Gasteiger partial charge >= 0.3 is 0 Å². The first-order valence-electron chi connectivity index (χ1n) is 15.1. The number of unbranched alkanes of at least 4 members (excludes halogenated alkanes) is 12. The highest BCUT2D eigenvalue weighted by atomic mass is 15.1. The first-order chi connectivity index (χ1) is 16.6. The summed E-state index contributed by atoms with van der Waals surface area (Å²) in [6, 6.07) is 8.96. The molecule has 0 fully saturated rings. The summed E-state index contributed by atoms with van der Waals surface area (Å²) in [6.45, 7) is 20.5. The fourth-order valence-electron chi connectivity index (χ4n) is 4.90. The second-order valence-corrected chi connectivity index (χ2v) is 13.4. The van der Waals surface area contributed by atoms with Gasteiger partial charge in [-0.2, -0.15) is 0 Å². The van der Waals surface area contributed by atoms with E-state index in [1.807, 2.05) is 6.08 Å². The first kappa shape index (κ1) is 31.8. The van der Waals surface area contributed by atoms with Crippen LogP contribution in [0.3, 0.4) is 0 Å². The Balaban J connectivity index is 2.27. The van der Waals surface area contributed by atoms with Gasteiger partial charge in [0, 0.05) is 18.8 Å². The summed E-state index contributed by atoms with van der Waals surface area (Å²) in [6.07, 6.45) is 24.1. The van der Waals surface area contributed by atoms with E-state index in [9.17, 15) is 0 Å². The van der Waals surface area contributed by atoms with Gasteiger partial charge in [-0.15, -0.1) is 0 Å². The maximum atomic E-state index is 3.97. The van der Waals surface area contributed by atoms with Gasteiger partial charge in [0.25, 0.3) is 0 Å². The molecule has 0 saturated carbocycles. The van der Waals surface area contributed by atoms with Gasteiger partial charge in [-0.05, 0) is 54.2 Å². The quantitative estimate of drug-likeness (QED) is 0.167. The molecule has 0 radical (unpaired) electrons. The van der Waals surface area contributed by atoms with E-state index in [1.165, 1.54) is 127 Å². The van der Waals surface area contributed by atoms with Crippen molar-refractivity contribution in [1.82, 2.24) is 0 Å². The fraction of sp³-hybridized carbons (Fsp3) is 0.765. The molecule has 0 amide bonds. The lowest BCUT2D eigenvalue weighted by atomic mass is 9.89. The fourth-order valence-corrected chi connectivity index (χ4v) is 4.90. The summed E-state index contributed by atoms with van der Waals surface area (Å²) in [5.74, 6) is 0. The van der Waals surface area contributed by atoms with Crippen LogP contribution in [0.1, 0.15) is 150 Å². The molecule has 0 heterocycles. The highest BCUT2D eigenvalue weighted by molar-refractivity contribution is 5.57. The van der Waals surface area contributed by atoms with Gasteiger partial charge < -0.3 is 4.90 Å². The summed E-state index contributed by atoms with van der Waals surface area (Å²) in [5.41, 5.74) is 3.61. The van der Waals surface area contributed by atoms with Crippen LogP contribution in [0.2, 0.25) is 0 Å². The molecular weight excluding hydrogens is 422 g/mol. The van der Waals surface area contributed by atoms with E-state index in [0.29, 0.717) is 10.8 Å². The van der Waals surface area contributed by atoms with Gasteiger partial charge in [-0.25, -0.2) is 0 Å². The van der Waals surface area contributed by atoms with Gasteiger partial charge in [0.05, 0.1) is 0 Å². The topological polar surface area (TPSA) is 3.24 Å². The van der Waals surface area contributed by atoms with Crippen molar-refractivity contribution in [2.45, 2.75) is 144 Å². The lowest BCUT2D eigenvalue weighted by Gasteiger charge is -2.25. The van der Waals surface area contributed by atoms with Crippen LogP contribution in [-0.2, 0) is 0 Å². The lowest BCUT2D eigenvalue weighted by Crippen LogP contribution is -2.25. The smallest absolute Gasteiger partial charge is 0.0372 e. The normalized spacial score (nSPS) is 12.2. The molecule has 0 unspecified atom stereocenters. The third-order valence-corrected chi connectivity index (χ3v) is 7.18. The van der Waals surface area contributed by atoms with Crippen LogP contribution >= 0.6 is 0 Å². The van der Waals surface area contributed by atoms with Crippen LogP contribution in [0.5, 0.6) is 0 Å². The molecule has 0 aliphatic heterocycles. The molecule has 0 aliphatic carbocycles. The van der Waals surface area contributed by atoms with Gasteiger partial charge in [0.15, 0.2) is 0 Å². The summed E-state index contributed by atoms with van der Waals surface area (Å²) < 4.78 is 0. The van der Waals surface area contributed by atoms with Crippen LogP contribution < -0.4 is 4.90 Å². The molecule has 1 aromatic carbocycles. The zero-order chi connectivity index (χ0) is 26.0. The molecule has 35 heavy (non-hydrogen) atoms. The average Bonchev–Trinajstić information content (AvgIpc) is 2.79. The standard InChI is InChI=1S/C34H61N/c1-8-31-24-23-25-32(30-31)35(28-21-17-13-9-11-15-19-26-33(2,3)4)29-22-18-14-10-12-16-20-27-34(5,6)7/h8,23-25,30H,1,9-22,26-29H2,2-7H3. The zero-order valence-electron chi connectivity index (χ0n) is 24.8. The Bertz CT molecular complexity index is 613. The van der Waals surface area contributed by atoms with Crippen LogP contribution in [0.25, 0.3) is 6.08 Å². The minimum atomic E-state index is 0.498. The molecule has 0 N–H and O–H groups in total. The number of hydrogen-bond acceptors (Lipinski definition) is 1. The Morgan fingerprint density at radius 1 is 0.600 bits per heavy atom. The van der Waals surface area contributed by atoms with E-state index in [4.69, 9.17) is 0 Å². The molecule has 1 aromatic rings. The minimum Gasteiger partial charge on any atom is -0.372 e. The molecule has 1 heteroatoms. The van der Waals surface area contributed by atoms with Crippen molar-refractivity contribution in [1.29, 1.82) is 0 Å². The number of benzene rings is 1. The van der Waals surface area contributed by atoms with Crippen molar-refractivity contribution in [2.24, 2.45) is 10.8 Å². The minimum absolute atomic E-state index is 0.498. The Hall–Kier alpha value is -1.24. The van der Waals surface area contributed by atoms with E-state index in [0.717, 1.165) is 0 Å². The average molecular weight is 484 g/mol. The molecule has 0 aromatic heterocycles. The van der Waals surface area contributed by atoms with Crippen LogP contribution in [-0.4, -0.2) is 13.1 Å². The summed E-state index contributed by atoms with van der Waals surface area (Å²) in [5, 5.41) is 0. The van der Waals surface area contributed by atoms with Crippen molar-refractivity contribution >= 4 is 11.8 Å². The molecule has 0 spiro atoms. The highest BCUT2D eigenvalue weighted by Crippen LogP contribution is 2.24. The molecule has 202 valence electrons. The zero-order valence-corrected chi connectivity index (χ0v) is 24.8. The van der Waals surface area contributed by atoms with Crippen molar-refractivity contribution < 1.29 is 0 Å². The summed E-state index contributed by atoms with van der Waals surface area (Å²) >= 11 is 0. The Kier molecular flexibility index (Phi) is 16.4. The van der Waals surface area contributed by atoms with Crippen molar-refractivity contribution in [3.05, 3.63) is 36.4 Å².